The smallest absolute Gasteiger partial charge is 0.137 e. The van der Waals surface area contributed by atoms with Crippen LogP contribution >= 0.6 is 0 Å². The second-order valence-electron chi connectivity index (χ2n) is 12.4. The molecule has 0 atom stereocenters. The van der Waals surface area contributed by atoms with Crippen molar-refractivity contribution in [3.05, 3.63) is 182 Å². The quantitative estimate of drug-likeness (QED) is 0.171. The molecule has 0 aliphatic rings. The van der Waals surface area contributed by atoms with Gasteiger partial charge in [-0.2, -0.15) is 0 Å². The number of benzene rings is 9. The van der Waals surface area contributed by atoms with Crippen molar-refractivity contribution < 1.29 is 7.16 Å². The molecule has 0 saturated heterocycles. The number of fused-ring (bicyclic) bond motifs is 3. The molecule has 10 aromatic rings. The van der Waals surface area contributed by atoms with Gasteiger partial charge in [0, 0.05) is 50.4 Å². The normalized spacial score (nSPS) is 12.2. The molecule has 0 amide bonds. The highest BCUT2D eigenvalue weighted by Gasteiger charge is 2.22. The molecule has 0 bridgehead atoms. The molecular weight excluding hydrogens is 597 g/mol. The Morgan fingerprint density at radius 3 is 1.39 bits per heavy atom. The molecule has 0 aliphatic carbocycles. The first kappa shape index (κ1) is 25.5. The van der Waals surface area contributed by atoms with Crippen LogP contribution in [0.2, 0.25) is 0 Å². The van der Waals surface area contributed by atoms with Crippen LogP contribution < -0.4 is 9.80 Å². The van der Waals surface area contributed by atoms with Crippen molar-refractivity contribution in [2.75, 3.05) is 9.80 Å². The van der Waals surface area contributed by atoms with Crippen LogP contribution in [0.5, 0.6) is 0 Å². The van der Waals surface area contributed by atoms with Crippen LogP contribution in [0.15, 0.2) is 186 Å². The Hall–Kier alpha value is -6.58. The molecule has 3 nitrogen and oxygen atoms in total. The first-order chi connectivity index (χ1) is 25.1. The van der Waals surface area contributed by atoms with Crippen LogP contribution in [0.4, 0.5) is 34.1 Å². The summed E-state index contributed by atoms with van der Waals surface area (Å²) in [5.41, 5.74) is 7.54. The van der Waals surface area contributed by atoms with E-state index in [1.54, 1.807) is 0 Å². The number of anilines is 6. The van der Waals surface area contributed by atoms with E-state index in [0.717, 1.165) is 88.4 Å². The zero-order valence-electron chi connectivity index (χ0n) is 28.5. The lowest BCUT2D eigenvalue weighted by Gasteiger charge is -2.29. The predicted molar refractivity (Wildman–Crippen MR) is 207 cm³/mol. The molecular formula is C46H30N2O. The average molecular weight is 629 g/mol. The SMILES string of the molecule is [2H]c1cc2c(N(c3ccccc3)c3ccc4c(c3)oc3ccccc34)ccc3c([2H])cc4c(N(c5ccccc5)c5ccccc5)ccc1c4c32. The molecule has 230 valence electrons. The molecule has 10 rings (SSSR count). The lowest BCUT2D eigenvalue weighted by atomic mass is 9.91. The number of hydrogen-bond acceptors (Lipinski definition) is 3. The summed E-state index contributed by atoms with van der Waals surface area (Å²) in [7, 11) is 0. The third-order valence-corrected chi connectivity index (χ3v) is 9.58. The fourth-order valence-electron chi connectivity index (χ4n) is 7.42. The molecule has 1 heterocycles. The van der Waals surface area contributed by atoms with E-state index in [1.807, 2.05) is 84.9 Å². The van der Waals surface area contributed by atoms with Gasteiger partial charge >= 0.3 is 0 Å². The van der Waals surface area contributed by atoms with Crippen molar-refractivity contribution in [3.63, 3.8) is 0 Å². The molecule has 0 spiro atoms. The van der Waals surface area contributed by atoms with E-state index in [0.29, 0.717) is 12.1 Å². The topological polar surface area (TPSA) is 19.6 Å². The summed E-state index contributed by atoms with van der Waals surface area (Å²) in [6, 6.07) is 58.7. The van der Waals surface area contributed by atoms with Gasteiger partial charge in [0.1, 0.15) is 11.2 Å². The summed E-state index contributed by atoms with van der Waals surface area (Å²) < 4.78 is 25.1. The second-order valence-corrected chi connectivity index (χ2v) is 12.4. The van der Waals surface area contributed by atoms with E-state index in [4.69, 9.17) is 4.42 Å². The first-order valence-electron chi connectivity index (χ1n) is 17.5. The molecule has 0 saturated carbocycles. The van der Waals surface area contributed by atoms with Gasteiger partial charge in [-0.3, -0.25) is 0 Å². The van der Waals surface area contributed by atoms with Gasteiger partial charge in [0.05, 0.1) is 14.1 Å². The highest BCUT2D eigenvalue weighted by molar-refractivity contribution is 6.28. The van der Waals surface area contributed by atoms with Crippen molar-refractivity contribution in [2.45, 2.75) is 0 Å². The first-order valence-corrected chi connectivity index (χ1v) is 16.5. The Kier molecular flexibility index (Phi) is 5.73. The molecule has 0 N–H and O–H groups in total. The standard InChI is InChI=1S/C46H30N2O/c1-4-12-33(13-5-1)47(34-14-6-2-7-15-34)41-28-22-31-21-26-40-42(29-23-32-20-25-39(41)45(31)46(32)40)48(35-16-8-3-9-17-35)36-24-27-38-37-18-10-11-19-43(37)49-44(38)30-36/h1-30H/i20D,21D. The highest BCUT2D eigenvalue weighted by atomic mass is 16.3. The van der Waals surface area contributed by atoms with Gasteiger partial charge in [-0.15, -0.1) is 0 Å². The number of furan rings is 1. The molecule has 0 fully saturated rings. The van der Waals surface area contributed by atoms with Crippen molar-refractivity contribution in [3.8, 4) is 0 Å². The maximum atomic E-state index is 9.40. The van der Waals surface area contributed by atoms with E-state index in [1.165, 1.54) is 0 Å². The second kappa shape index (κ2) is 11.0. The predicted octanol–water partition coefficient (Wildman–Crippen LogP) is 13.4. The van der Waals surface area contributed by atoms with Gasteiger partial charge in [0.25, 0.3) is 0 Å². The molecule has 3 heteroatoms. The number of hydrogen-bond donors (Lipinski definition) is 0. The molecule has 0 aliphatic heterocycles. The third kappa shape index (κ3) is 4.37. The van der Waals surface area contributed by atoms with E-state index in [9.17, 15) is 2.74 Å². The summed E-state index contributed by atoms with van der Waals surface area (Å²) in [6.45, 7) is 0. The Morgan fingerprint density at radius 2 is 0.837 bits per heavy atom. The Morgan fingerprint density at radius 1 is 0.367 bits per heavy atom. The van der Waals surface area contributed by atoms with Gasteiger partial charge < -0.3 is 14.2 Å². The zero-order chi connectivity index (χ0) is 34.1. The molecule has 1 aromatic heterocycles. The summed E-state index contributed by atoms with van der Waals surface area (Å²) in [5.74, 6) is 0. The van der Waals surface area contributed by atoms with Gasteiger partial charge in [-0.05, 0) is 88.3 Å². The van der Waals surface area contributed by atoms with Gasteiger partial charge in [-0.25, -0.2) is 0 Å². The molecule has 49 heavy (non-hydrogen) atoms. The van der Waals surface area contributed by atoms with Crippen LogP contribution in [0.3, 0.4) is 0 Å². The summed E-state index contributed by atoms with van der Waals surface area (Å²) >= 11 is 0. The fraction of sp³-hybridized carbons (Fsp3) is 0. The summed E-state index contributed by atoms with van der Waals surface area (Å²) in [4.78, 5) is 4.48. The minimum Gasteiger partial charge on any atom is -0.456 e. The molecule has 0 unspecified atom stereocenters. The number of nitrogens with zero attached hydrogens (tertiary/aromatic N) is 2. The monoisotopic (exact) mass is 628 g/mol. The molecule has 9 aromatic carbocycles. The van der Waals surface area contributed by atoms with Crippen LogP contribution in [0.1, 0.15) is 2.74 Å². The fourth-order valence-corrected chi connectivity index (χ4v) is 7.42. The summed E-state index contributed by atoms with van der Waals surface area (Å²) in [6.07, 6.45) is 0. The minimum absolute atomic E-state index is 0.442. The van der Waals surface area contributed by atoms with Crippen molar-refractivity contribution in [2.24, 2.45) is 0 Å². The van der Waals surface area contributed by atoms with E-state index >= 15 is 0 Å². The van der Waals surface area contributed by atoms with Gasteiger partial charge in [-0.1, -0.05) is 109 Å². The minimum atomic E-state index is 0.442. The van der Waals surface area contributed by atoms with Crippen LogP contribution in [-0.4, -0.2) is 0 Å². The zero-order valence-corrected chi connectivity index (χ0v) is 26.5. The van der Waals surface area contributed by atoms with Crippen molar-refractivity contribution in [1.82, 2.24) is 0 Å². The van der Waals surface area contributed by atoms with E-state index in [-0.39, 0.29) is 0 Å². The Bertz CT molecular complexity index is 2850. The Balaban J connectivity index is 1.27. The Labute approximate surface area is 286 Å². The highest BCUT2D eigenvalue weighted by Crippen LogP contribution is 2.47. The number of rotatable bonds is 6. The maximum absolute atomic E-state index is 9.40. The van der Waals surface area contributed by atoms with Crippen LogP contribution in [0.25, 0.3) is 54.3 Å². The van der Waals surface area contributed by atoms with E-state index < -0.39 is 0 Å². The van der Waals surface area contributed by atoms with E-state index in [2.05, 4.69) is 94.7 Å². The average Bonchev–Trinajstić information content (AvgIpc) is 3.55. The lowest BCUT2D eigenvalue weighted by Crippen LogP contribution is -2.11. The van der Waals surface area contributed by atoms with Gasteiger partial charge in [0.15, 0.2) is 0 Å². The maximum Gasteiger partial charge on any atom is 0.137 e. The largest absolute Gasteiger partial charge is 0.456 e. The third-order valence-electron chi connectivity index (χ3n) is 9.58. The van der Waals surface area contributed by atoms with Crippen molar-refractivity contribution >= 4 is 88.4 Å². The van der Waals surface area contributed by atoms with Crippen LogP contribution in [-0.2, 0) is 0 Å². The number of para-hydroxylation sites is 4. The molecule has 0 radical (unpaired) electrons. The lowest BCUT2D eigenvalue weighted by molar-refractivity contribution is 0.669. The van der Waals surface area contributed by atoms with Gasteiger partial charge in [0.2, 0.25) is 0 Å². The van der Waals surface area contributed by atoms with Crippen molar-refractivity contribution in [1.29, 1.82) is 0 Å². The van der Waals surface area contributed by atoms with Crippen LogP contribution in [0, 0.1) is 0 Å². The summed E-state index contributed by atoms with van der Waals surface area (Å²) in [5, 5.41) is 7.69.